The molecule has 2 aromatic rings. The van der Waals surface area contributed by atoms with Crippen molar-refractivity contribution in [2.45, 2.75) is 101 Å². The van der Waals surface area contributed by atoms with Crippen molar-refractivity contribution in [3.8, 4) is 0 Å². The fourth-order valence-corrected chi connectivity index (χ4v) is 6.73. The van der Waals surface area contributed by atoms with E-state index in [1.807, 2.05) is 32.3 Å². The van der Waals surface area contributed by atoms with Gasteiger partial charge >= 0.3 is 0 Å². The minimum absolute atomic E-state index is 0.0136. The molecule has 1 atom stereocenters. The van der Waals surface area contributed by atoms with E-state index in [2.05, 4.69) is 5.32 Å². The van der Waals surface area contributed by atoms with Crippen LogP contribution in [0.25, 0.3) is 10.2 Å². The van der Waals surface area contributed by atoms with Crippen LogP contribution in [0.5, 0.6) is 0 Å². The maximum Gasteiger partial charge on any atom is 0.263 e. The Morgan fingerprint density at radius 3 is 2.59 bits per heavy atom. The van der Waals surface area contributed by atoms with Gasteiger partial charge in [-0.05, 0) is 71.8 Å². The predicted octanol–water partition coefficient (Wildman–Crippen LogP) is 4.85. The highest BCUT2D eigenvalue weighted by molar-refractivity contribution is 8.00. The molecule has 158 valence electrons. The summed E-state index contributed by atoms with van der Waals surface area (Å²) in [5.41, 5.74) is 1.09. The number of carbonyl (C=O) groups is 1. The zero-order valence-electron chi connectivity index (χ0n) is 17.8. The summed E-state index contributed by atoms with van der Waals surface area (Å²) in [6.45, 7) is 7.85. The van der Waals surface area contributed by atoms with Crippen molar-refractivity contribution in [3.63, 3.8) is 0 Å². The Balaban J connectivity index is 1.76. The summed E-state index contributed by atoms with van der Waals surface area (Å²) in [5.74, 6) is -0.0136. The molecule has 0 spiro atoms. The third kappa shape index (κ3) is 4.26. The maximum absolute atomic E-state index is 13.7. The lowest BCUT2D eigenvalue weighted by Crippen LogP contribution is -2.44. The molecule has 2 aliphatic carbocycles. The lowest BCUT2D eigenvalue weighted by atomic mass is 9.97. The Labute approximate surface area is 180 Å². The molecule has 1 unspecified atom stereocenters. The number of carbonyl (C=O) groups excluding carboxylic acids is 1. The topological polar surface area (TPSA) is 64.0 Å². The van der Waals surface area contributed by atoms with Crippen LogP contribution in [0.3, 0.4) is 0 Å². The third-order valence-electron chi connectivity index (χ3n) is 5.83. The molecule has 7 heteroatoms. The number of aryl methyl sites for hydroxylation is 2. The van der Waals surface area contributed by atoms with Gasteiger partial charge in [0.25, 0.3) is 5.56 Å². The number of fused-ring (bicyclic) bond motifs is 3. The molecule has 1 saturated carbocycles. The van der Waals surface area contributed by atoms with Gasteiger partial charge in [0.2, 0.25) is 5.91 Å². The third-order valence-corrected chi connectivity index (χ3v) is 8.08. The summed E-state index contributed by atoms with van der Waals surface area (Å²) in [7, 11) is 0. The van der Waals surface area contributed by atoms with Crippen LogP contribution in [-0.4, -0.2) is 26.2 Å². The molecule has 1 N–H and O–H groups in total. The highest BCUT2D eigenvalue weighted by atomic mass is 32.2. The monoisotopic (exact) mass is 433 g/mol. The molecule has 0 bridgehead atoms. The van der Waals surface area contributed by atoms with Gasteiger partial charge in [-0.25, -0.2) is 4.98 Å². The van der Waals surface area contributed by atoms with E-state index in [1.54, 1.807) is 11.3 Å². The molecule has 5 nitrogen and oxygen atoms in total. The van der Waals surface area contributed by atoms with Gasteiger partial charge < -0.3 is 5.32 Å². The fourth-order valence-electron chi connectivity index (χ4n) is 4.45. The molecular weight excluding hydrogens is 402 g/mol. The maximum atomic E-state index is 13.7. The van der Waals surface area contributed by atoms with Gasteiger partial charge in [0, 0.05) is 16.5 Å². The van der Waals surface area contributed by atoms with Crippen molar-refractivity contribution < 1.29 is 4.79 Å². The molecule has 29 heavy (non-hydrogen) atoms. The first kappa shape index (κ1) is 20.9. The Hall–Kier alpha value is -1.34. The smallest absolute Gasteiger partial charge is 0.263 e. The largest absolute Gasteiger partial charge is 0.351 e. The van der Waals surface area contributed by atoms with Crippen molar-refractivity contribution >= 4 is 39.2 Å². The van der Waals surface area contributed by atoms with Crippen LogP contribution in [0.15, 0.2) is 9.95 Å². The van der Waals surface area contributed by atoms with Crippen molar-refractivity contribution in [1.82, 2.24) is 14.9 Å². The van der Waals surface area contributed by atoms with Gasteiger partial charge in [-0.2, -0.15) is 0 Å². The summed E-state index contributed by atoms with van der Waals surface area (Å²) in [4.78, 5) is 33.5. The molecule has 2 aromatic heterocycles. The predicted molar refractivity (Wildman–Crippen MR) is 121 cm³/mol. The van der Waals surface area contributed by atoms with Crippen LogP contribution >= 0.6 is 23.1 Å². The lowest BCUT2D eigenvalue weighted by Gasteiger charge is -2.24. The SMILES string of the molecule is CC(Sc1nc2sc3c(c2c(=O)n1C1CCCC1)CCCC3)C(=O)NC(C)(C)C. The molecule has 2 aliphatic rings. The number of thioether (sulfide) groups is 1. The number of nitrogens with zero attached hydrogens (tertiary/aromatic N) is 2. The zero-order valence-corrected chi connectivity index (χ0v) is 19.5. The average molecular weight is 434 g/mol. The quantitative estimate of drug-likeness (QED) is 0.553. The van der Waals surface area contributed by atoms with E-state index in [1.165, 1.54) is 28.6 Å². The Kier molecular flexibility index (Phi) is 5.81. The van der Waals surface area contributed by atoms with Gasteiger partial charge in [-0.3, -0.25) is 14.2 Å². The number of hydrogen-bond donors (Lipinski definition) is 1. The van der Waals surface area contributed by atoms with Gasteiger partial charge in [-0.15, -0.1) is 11.3 Å². The molecule has 2 heterocycles. The molecule has 0 aliphatic heterocycles. The number of hydrogen-bond acceptors (Lipinski definition) is 5. The number of thiophene rings is 1. The minimum Gasteiger partial charge on any atom is -0.351 e. The molecule has 4 rings (SSSR count). The highest BCUT2D eigenvalue weighted by Gasteiger charge is 2.29. The molecule has 1 amide bonds. The van der Waals surface area contributed by atoms with Crippen molar-refractivity contribution in [3.05, 3.63) is 20.8 Å². The Morgan fingerprint density at radius 1 is 1.21 bits per heavy atom. The van der Waals surface area contributed by atoms with Crippen LogP contribution in [0.2, 0.25) is 0 Å². The van der Waals surface area contributed by atoms with E-state index >= 15 is 0 Å². The summed E-state index contributed by atoms with van der Waals surface area (Å²) in [6, 6.07) is 0.207. The number of rotatable bonds is 4. The van der Waals surface area contributed by atoms with E-state index < -0.39 is 0 Å². The van der Waals surface area contributed by atoms with Gasteiger partial charge in [0.1, 0.15) is 4.83 Å². The first-order valence-electron chi connectivity index (χ1n) is 10.8. The molecule has 1 fully saturated rings. The number of nitrogens with one attached hydrogen (secondary N) is 1. The van der Waals surface area contributed by atoms with Gasteiger partial charge in [0.05, 0.1) is 10.6 Å². The average Bonchev–Trinajstić information content (AvgIpc) is 3.27. The van der Waals surface area contributed by atoms with Crippen LogP contribution in [0.1, 0.15) is 82.7 Å². The number of aromatic nitrogens is 2. The molecular formula is C22H31N3O2S2. The van der Waals surface area contributed by atoms with Crippen molar-refractivity contribution in [2.75, 3.05) is 0 Å². The van der Waals surface area contributed by atoms with Crippen LogP contribution in [0.4, 0.5) is 0 Å². The summed E-state index contributed by atoms with van der Waals surface area (Å²) >= 11 is 3.11. The van der Waals surface area contributed by atoms with Crippen LogP contribution < -0.4 is 10.9 Å². The fraction of sp³-hybridized carbons (Fsp3) is 0.682. The van der Waals surface area contributed by atoms with Crippen molar-refractivity contribution in [2.24, 2.45) is 0 Å². The van der Waals surface area contributed by atoms with Crippen molar-refractivity contribution in [1.29, 1.82) is 0 Å². The Bertz CT molecular complexity index is 981. The second kappa shape index (κ2) is 8.06. The molecule has 0 saturated heterocycles. The van der Waals surface area contributed by atoms with E-state index in [0.29, 0.717) is 5.16 Å². The molecule has 0 radical (unpaired) electrons. The first-order chi connectivity index (χ1) is 13.7. The first-order valence-corrected chi connectivity index (χ1v) is 12.5. The molecule has 0 aromatic carbocycles. The second-order valence-corrected chi connectivity index (χ2v) is 11.8. The minimum atomic E-state index is -0.305. The Morgan fingerprint density at radius 2 is 1.90 bits per heavy atom. The van der Waals surface area contributed by atoms with E-state index in [-0.39, 0.29) is 28.3 Å². The summed E-state index contributed by atoms with van der Waals surface area (Å²) < 4.78 is 1.93. The number of amides is 1. The van der Waals surface area contributed by atoms with E-state index in [0.717, 1.165) is 55.2 Å². The highest BCUT2D eigenvalue weighted by Crippen LogP contribution is 2.38. The summed E-state index contributed by atoms with van der Waals surface area (Å²) in [6.07, 6.45) is 8.76. The lowest BCUT2D eigenvalue weighted by molar-refractivity contribution is -0.121. The summed E-state index contributed by atoms with van der Waals surface area (Å²) in [5, 5.41) is 4.31. The zero-order chi connectivity index (χ0) is 20.8. The van der Waals surface area contributed by atoms with Gasteiger partial charge in [0.15, 0.2) is 5.16 Å². The van der Waals surface area contributed by atoms with E-state index in [4.69, 9.17) is 4.98 Å². The second-order valence-electron chi connectivity index (χ2n) is 9.40. The standard InChI is InChI=1S/C22H31N3O2S2/c1-13(18(26)24-22(2,3)4)28-21-23-19-17(15-11-7-8-12-16(15)29-19)20(27)25(21)14-9-5-6-10-14/h13-14H,5-12H2,1-4H3,(H,24,26). The normalized spacial score (nSPS) is 18.8. The van der Waals surface area contributed by atoms with Crippen LogP contribution in [-0.2, 0) is 17.6 Å². The van der Waals surface area contributed by atoms with Crippen LogP contribution in [0, 0.1) is 0 Å². The van der Waals surface area contributed by atoms with E-state index in [9.17, 15) is 9.59 Å². The van der Waals surface area contributed by atoms with Gasteiger partial charge in [-0.1, -0.05) is 24.6 Å².